The van der Waals surface area contributed by atoms with Crippen LogP contribution in [0.25, 0.3) is 0 Å². The summed E-state index contributed by atoms with van der Waals surface area (Å²) in [7, 11) is 0. The van der Waals surface area contributed by atoms with Crippen molar-refractivity contribution in [2.45, 2.75) is 45.7 Å². The fourth-order valence-electron chi connectivity index (χ4n) is 3.19. The van der Waals surface area contributed by atoms with Gasteiger partial charge in [0.2, 0.25) is 0 Å². The summed E-state index contributed by atoms with van der Waals surface area (Å²) in [5, 5.41) is 0. The van der Waals surface area contributed by atoms with E-state index in [1.165, 1.54) is 37.2 Å². The molecule has 1 aliphatic heterocycles. The maximum atomic E-state index is 6.50. The molecule has 118 valence electrons. The van der Waals surface area contributed by atoms with Crippen LogP contribution >= 0.6 is 0 Å². The number of aryl methyl sites for hydroxylation is 1. The van der Waals surface area contributed by atoms with Gasteiger partial charge in [0.25, 0.3) is 0 Å². The van der Waals surface area contributed by atoms with Crippen molar-refractivity contribution in [3.05, 3.63) is 35.4 Å². The number of rotatable bonds is 6. The Labute approximate surface area is 130 Å². The van der Waals surface area contributed by atoms with Crippen LogP contribution in [0.3, 0.4) is 0 Å². The molecule has 0 aliphatic carbocycles. The van der Waals surface area contributed by atoms with Crippen molar-refractivity contribution in [1.82, 2.24) is 9.80 Å². The second-order valence-electron chi connectivity index (χ2n) is 6.24. The fraction of sp³-hybridized carbons (Fsp3) is 0.667. The van der Waals surface area contributed by atoms with E-state index in [1.54, 1.807) is 0 Å². The molecule has 1 saturated heterocycles. The second-order valence-corrected chi connectivity index (χ2v) is 6.24. The van der Waals surface area contributed by atoms with Gasteiger partial charge in [-0.25, -0.2) is 0 Å². The average molecular weight is 289 g/mol. The zero-order valence-corrected chi connectivity index (χ0v) is 13.9. The van der Waals surface area contributed by atoms with Gasteiger partial charge in [-0.15, -0.1) is 0 Å². The molecule has 2 N–H and O–H groups in total. The summed E-state index contributed by atoms with van der Waals surface area (Å²) >= 11 is 0. The van der Waals surface area contributed by atoms with E-state index >= 15 is 0 Å². The summed E-state index contributed by atoms with van der Waals surface area (Å²) in [5.74, 6) is 0. The molecule has 0 bridgehead atoms. The van der Waals surface area contributed by atoms with Crippen LogP contribution in [0.5, 0.6) is 0 Å². The van der Waals surface area contributed by atoms with Gasteiger partial charge in [-0.1, -0.05) is 38.1 Å². The molecule has 1 fully saturated rings. The molecule has 0 amide bonds. The summed E-state index contributed by atoms with van der Waals surface area (Å²) in [6, 6.07) is 9.33. The molecule has 2 atom stereocenters. The standard InChI is InChI=1S/C18H31N3/c1-4-10-20-11-13-21(14-12-20)15(3)18(19)17-8-6-16(5-2)7-9-17/h6-9,15,18H,4-5,10-14,19H2,1-3H3. The van der Waals surface area contributed by atoms with Crippen molar-refractivity contribution < 1.29 is 0 Å². The third kappa shape index (κ3) is 4.29. The third-order valence-corrected chi connectivity index (χ3v) is 4.82. The van der Waals surface area contributed by atoms with E-state index in [-0.39, 0.29) is 6.04 Å². The number of nitrogens with two attached hydrogens (primary N) is 1. The van der Waals surface area contributed by atoms with Crippen LogP contribution in [0.2, 0.25) is 0 Å². The van der Waals surface area contributed by atoms with Gasteiger partial charge in [0.1, 0.15) is 0 Å². The van der Waals surface area contributed by atoms with Crippen LogP contribution in [0.1, 0.15) is 44.4 Å². The van der Waals surface area contributed by atoms with Crippen LogP contribution in [0.4, 0.5) is 0 Å². The zero-order valence-electron chi connectivity index (χ0n) is 13.9. The number of piperazine rings is 1. The van der Waals surface area contributed by atoms with Crippen molar-refractivity contribution in [3.8, 4) is 0 Å². The first-order chi connectivity index (χ1) is 10.2. The van der Waals surface area contributed by atoms with E-state index in [0.717, 1.165) is 19.5 Å². The normalized spacial score (nSPS) is 20.4. The predicted octanol–water partition coefficient (Wildman–Crippen LogP) is 2.66. The first-order valence-corrected chi connectivity index (χ1v) is 8.46. The van der Waals surface area contributed by atoms with Crippen molar-refractivity contribution in [2.75, 3.05) is 32.7 Å². The van der Waals surface area contributed by atoms with Crippen LogP contribution in [0, 0.1) is 0 Å². The average Bonchev–Trinajstić information content (AvgIpc) is 2.54. The molecule has 2 unspecified atom stereocenters. The van der Waals surface area contributed by atoms with E-state index in [0.29, 0.717) is 6.04 Å². The molecule has 1 heterocycles. The van der Waals surface area contributed by atoms with E-state index in [4.69, 9.17) is 5.73 Å². The molecular formula is C18H31N3. The highest BCUT2D eigenvalue weighted by atomic mass is 15.3. The summed E-state index contributed by atoms with van der Waals surface area (Å²) < 4.78 is 0. The van der Waals surface area contributed by atoms with Gasteiger partial charge < -0.3 is 10.6 Å². The predicted molar refractivity (Wildman–Crippen MR) is 90.5 cm³/mol. The molecule has 0 spiro atoms. The smallest absolute Gasteiger partial charge is 0.0450 e. The topological polar surface area (TPSA) is 32.5 Å². The molecule has 1 aliphatic rings. The highest BCUT2D eigenvalue weighted by molar-refractivity contribution is 5.25. The van der Waals surface area contributed by atoms with Gasteiger partial charge >= 0.3 is 0 Å². The summed E-state index contributed by atoms with van der Waals surface area (Å²) in [5.41, 5.74) is 9.14. The molecule has 21 heavy (non-hydrogen) atoms. The minimum Gasteiger partial charge on any atom is -0.323 e. The van der Waals surface area contributed by atoms with E-state index in [2.05, 4.69) is 54.8 Å². The Morgan fingerprint density at radius 1 is 1.05 bits per heavy atom. The molecular weight excluding hydrogens is 258 g/mol. The Morgan fingerprint density at radius 3 is 2.19 bits per heavy atom. The van der Waals surface area contributed by atoms with Crippen molar-refractivity contribution in [2.24, 2.45) is 5.73 Å². The van der Waals surface area contributed by atoms with E-state index < -0.39 is 0 Å². The summed E-state index contributed by atoms with van der Waals surface area (Å²) in [4.78, 5) is 5.11. The Kier molecular flexibility index (Phi) is 6.22. The monoisotopic (exact) mass is 289 g/mol. The number of hydrogen-bond acceptors (Lipinski definition) is 3. The third-order valence-electron chi connectivity index (χ3n) is 4.82. The summed E-state index contributed by atoms with van der Waals surface area (Å²) in [6.45, 7) is 12.6. The van der Waals surface area contributed by atoms with Gasteiger partial charge in [-0.05, 0) is 37.4 Å². The first kappa shape index (κ1) is 16.5. The second kappa shape index (κ2) is 7.92. The first-order valence-electron chi connectivity index (χ1n) is 8.46. The minimum absolute atomic E-state index is 0.105. The van der Waals surface area contributed by atoms with E-state index in [9.17, 15) is 0 Å². The van der Waals surface area contributed by atoms with Gasteiger partial charge in [-0.3, -0.25) is 4.90 Å². The Bertz CT molecular complexity index is 407. The fourth-order valence-corrected chi connectivity index (χ4v) is 3.19. The van der Waals surface area contributed by atoms with Gasteiger partial charge in [0.15, 0.2) is 0 Å². The molecule has 1 aromatic carbocycles. The lowest BCUT2D eigenvalue weighted by atomic mass is 9.98. The molecule has 0 saturated carbocycles. The largest absolute Gasteiger partial charge is 0.323 e. The number of hydrogen-bond donors (Lipinski definition) is 1. The van der Waals surface area contributed by atoms with Crippen LogP contribution in [-0.2, 0) is 6.42 Å². The maximum absolute atomic E-state index is 6.50. The van der Waals surface area contributed by atoms with Crippen LogP contribution in [-0.4, -0.2) is 48.6 Å². The Balaban J connectivity index is 1.91. The van der Waals surface area contributed by atoms with Crippen LogP contribution in [0.15, 0.2) is 24.3 Å². The van der Waals surface area contributed by atoms with E-state index in [1.807, 2.05) is 0 Å². The van der Waals surface area contributed by atoms with Gasteiger partial charge in [-0.2, -0.15) is 0 Å². The minimum atomic E-state index is 0.105. The maximum Gasteiger partial charge on any atom is 0.0450 e. The van der Waals surface area contributed by atoms with Gasteiger partial charge in [0, 0.05) is 38.3 Å². The van der Waals surface area contributed by atoms with Gasteiger partial charge in [0.05, 0.1) is 0 Å². The molecule has 0 radical (unpaired) electrons. The molecule has 3 nitrogen and oxygen atoms in total. The molecule has 0 aromatic heterocycles. The zero-order chi connectivity index (χ0) is 15.2. The Morgan fingerprint density at radius 2 is 1.67 bits per heavy atom. The van der Waals surface area contributed by atoms with Crippen molar-refractivity contribution >= 4 is 0 Å². The number of benzene rings is 1. The highest BCUT2D eigenvalue weighted by Gasteiger charge is 2.25. The quantitative estimate of drug-likeness (QED) is 0.874. The Hall–Kier alpha value is -0.900. The lowest BCUT2D eigenvalue weighted by Gasteiger charge is -2.40. The lowest BCUT2D eigenvalue weighted by Crippen LogP contribution is -2.52. The molecule has 3 heteroatoms. The molecule has 1 aromatic rings. The molecule has 2 rings (SSSR count). The highest BCUT2D eigenvalue weighted by Crippen LogP contribution is 2.20. The van der Waals surface area contributed by atoms with Crippen molar-refractivity contribution in [1.29, 1.82) is 0 Å². The van der Waals surface area contributed by atoms with Crippen LogP contribution < -0.4 is 5.73 Å². The lowest BCUT2D eigenvalue weighted by molar-refractivity contribution is 0.0919. The van der Waals surface area contributed by atoms with Crippen molar-refractivity contribution in [3.63, 3.8) is 0 Å². The summed E-state index contributed by atoms with van der Waals surface area (Å²) in [6.07, 6.45) is 2.34. The number of nitrogens with zero attached hydrogens (tertiary/aromatic N) is 2. The SMILES string of the molecule is CCCN1CCN(C(C)C(N)c2ccc(CC)cc2)CC1.